The molecule has 1 heterocycles. The average molecular weight is 278 g/mol. The van der Waals surface area contributed by atoms with Crippen LogP contribution < -0.4 is 0 Å². The van der Waals surface area contributed by atoms with Crippen molar-refractivity contribution in [2.75, 3.05) is 0 Å². The maximum Gasteiger partial charge on any atom is 0.311 e. The second-order valence-electron chi connectivity index (χ2n) is 6.40. The van der Waals surface area contributed by atoms with Gasteiger partial charge in [0.25, 0.3) is 0 Å². The molecular weight excluding hydrogens is 256 g/mol. The smallest absolute Gasteiger partial charge is 0.311 e. The summed E-state index contributed by atoms with van der Waals surface area (Å²) in [7, 11) is 0. The van der Waals surface area contributed by atoms with Crippen LogP contribution in [0.2, 0.25) is 0 Å². The van der Waals surface area contributed by atoms with E-state index in [0.29, 0.717) is 12.5 Å². The Morgan fingerprint density at radius 3 is 2.60 bits per heavy atom. The zero-order chi connectivity index (χ0) is 14.0. The van der Waals surface area contributed by atoms with Crippen molar-refractivity contribution in [1.29, 1.82) is 0 Å². The molecule has 0 aliphatic heterocycles. The largest absolute Gasteiger partial charge is 0.481 e. The quantitative estimate of drug-likeness (QED) is 0.891. The molecule has 2 aliphatic rings. The zero-order valence-corrected chi connectivity index (χ0v) is 11.8. The molecule has 20 heavy (non-hydrogen) atoms. The number of nitrogens with zero attached hydrogens (tertiary/aromatic N) is 4. The van der Waals surface area contributed by atoms with Gasteiger partial charge in [0.15, 0.2) is 5.82 Å². The number of hydrogen-bond acceptors (Lipinski definition) is 4. The van der Waals surface area contributed by atoms with E-state index in [-0.39, 0.29) is 0 Å². The SMILES string of the molecule is O=C(O)C1(Cn2nnnc2CC2CCC2)CCCCC1. The molecule has 0 amide bonds. The molecule has 2 saturated carbocycles. The average Bonchev–Trinajstić information content (AvgIpc) is 2.82. The van der Waals surface area contributed by atoms with Gasteiger partial charge in [-0.1, -0.05) is 38.5 Å². The Morgan fingerprint density at radius 1 is 1.25 bits per heavy atom. The van der Waals surface area contributed by atoms with Crippen LogP contribution in [0, 0.1) is 11.3 Å². The maximum absolute atomic E-state index is 11.7. The third-order valence-corrected chi connectivity index (χ3v) is 5.02. The van der Waals surface area contributed by atoms with Crippen LogP contribution in [0.3, 0.4) is 0 Å². The lowest BCUT2D eigenvalue weighted by Gasteiger charge is -2.33. The van der Waals surface area contributed by atoms with E-state index in [2.05, 4.69) is 15.5 Å². The van der Waals surface area contributed by atoms with Crippen LogP contribution in [0.5, 0.6) is 0 Å². The zero-order valence-electron chi connectivity index (χ0n) is 11.8. The van der Waals surface area contributed by atoms with E-state index in [9.17, 15) is 9.90 Å². The van der Waals surface area contributed by atoms with Crippen molar-refractivity contribution >= 4 is 5.97 Å². The minimum atomic E-state index is -0.692. The second-order valence-corrected chi connectivity index (χ2v) is 6.40. The number of tetrazole rings is 1. The summed E-state index contributed by atoms with van der Waals surface area (Å²) in [5.74, 6) is 0.857. The number of aromatic nitrogens is 4. The number of carboxylic acids is 1. The van der Waals surface area contributed by atoms with E-state index >= 15 is 0 Å². The van der Waals surface area contributed by atoms with Gasteiger partial charge in [-0.15, -0.1) is 5.10 Å². The highest BCUT2D eigenvalue weighted by atomic mass is 16.4. The van der Waals surface area contributed by atoms with Gasteiger partial charge in [0, 0.05) is 6.42 Å². The Hall–Kier alpha value is -1.46. The lowest BCUT2D eigenvalue weighted by molar-refractivity contribution is -0.152. The first-order chi connectivity index (χ1) is 9.70. The summed E-state index contributed by atoms with van der Waals surface area (Å²) in [4.78, 5) is 11.7. The van der Waals surface area contributed by atoms with Crippen molar-refractivity contribution < 1.29 is 9.90 Å². The van der Waals surface area contributed by atoms with Crippen LogP contribution in [0.25, 0.3) is 0 Å². The lowest BCUT2D eigenvalue weighted by Crippen LogP contribution is -2.38. The van der Waals surface area contributed by atoms with Crippen LogP contribution in [-0.2, 0) is 17.8 Å². The summed E-state index contributed by atoms with van der Waals surface area (Å²) in [6.45, 7) is 0.428. The Bertz CT molecular complexity index is 475. The molecule has 0 radical (unpaired) electrons. The van der Waals surface area contributed by atoms with E-state index in [1.807, 2.05) is 0 Å². The van der Waals surface area contributed by atoms with E-state index in [1.165, 1.54) is 19.3 Å². The van der Waals surface area contributed by atoms with Crippen molar-refractivity contribution in [1.82, 2.24) is 20.2 Å². The number of carboxylic acid groups (broad SMARTS) is 1. The summed E-state index contributed by atoms with van der Waals surface area (Å²) in [6, 6.07) is 0. The molecule has 1 aromatic heterocycles. The molecule has 6 nitrogen and oxygen atoms in total. The minimum Gasteiger partial charge on any atom is -0.481 e. The molecule has 2 aliphatic carbocycles. The fourth-order valence-corrected chi connectivity index (χ4v) is 3.40. The van der Waals surface area contributed by atoms with Gasteiger partial charge in [-0.3, -0.25) is 4.79 Å². The van der Waals surface area contributed by atoms with Crippen LogP contribution in [0.1, 0.15) is 57.2 Å². The highest BCUT2D eigenvalue weighted by Gasteiger charge is 2.41. The Balaban J connectivity index is 1.74. The van der Waals surface area contributed by atoms with E-state index < -0.39 is 11.4 Å². The van der Waals surface area contributed by atoms with Crippen LogP contribution in [0.15, 0.2) is 0 Å². The number of carbonyl (C=O) groups is 1. The summed E-state index contributed by atoms with van der Waals surface area (Å²) >= 11 is 0. The third-order valence-electron chi connectivity index (χ3n) is 5.02. The van der Waals surface area contributed by atoms with Crippen LogP contribution >= 0.6 is 0 Å². The molecule has 0 saturated heterocycles. The van der Waals surface area contributed by atoms with Gasteiger partial charge in [0.2, 0.25) is 0 Å². The van der Waals surface area contributed by atoms with Crippen molar-refractivity contribution in [2.24, 2.45) is 11.3 Å². The first-order valence-corrected chi connectivity index (χ1v) is 7.68. The minimum absolute atomic E-state index is 0.428. The molecule has 0 spiro atoms. The summed E-state index contributed by atoms with van der Waals surface area (Å²) in [5.41, 5.74) is -0.665. The first-order valence-electron chi connectivity index (χ1n) is 7.68. The molecule has 0 atom stereocenters. The van der Waals surface area contributed by atoms with Gasteiger partial charge in [0.1, 0.15) is 0 Å². The molecular formula is C14H22N4O2. The number of aliphatic carboxylic acids is 1. The van der Waals surface area contributed by atoms with Crippen LogP contribution in [-0.4, -0.2) is 31.3 Å². The predicted molar refractivity (Wildman–Crippen MR) is 72.0 cm³/mol. The maximum atomic E-state index is 11.7. The molecule has 0 unspecified atom stereocenters. The number of rotatable bonds is 5. The van der Waals surface area contributed by atoms with Gasteiger partial charge < -0.3 is 5.11 Å². The molecule has 2 fully saturated rings. The Morgan fingerprint density at radius 2 is 2.00 bits per heavy atom. The highest BCUT2D eigenvalue weighted by Crippen LogP contribution is 2.38. The summed E-state index contributed by atoms with van der Waals surface area (Å²) in [5, 5.41) is 21.5. The van der Waals surface area contributed by atoms with Gasteiger partial charge in [-0.2, -0.15) is 0 Å². The van der Waals surface area contributed by atoms with Crippen molar-refractivity contribution in [3.05, 3.63) is 5.82 Å². The van der Waals surface area contributed by atoms with E-state index in [4.69, 9.17) is 0 Å². The van der Waals surface area contributed by atoms with Gasteiger partial charge in [0.05, 0.1) is 12.0 Å². The first kappa shape index (κ1) is 13.5. The topological polar surface area (TPSA) is 80.9 Å². The lowest BCUT2D eigenvalue weighted by atomic mass is 9.74. The molecule has 0 bridgehead atoms. The van der Waals surface area contributed by atoms with Crippen LogP contribution in [0.4, 0.5) is 0 Å². The molecule has 6 heteroatoms. The predicted octanol–water partition coefficient (Wildman–Crippen LogP) is 2.05. The molecule has 0 aromatic carbocycles. The summed E-state index contributed by atoms with van der Waals surface area (Å²) in [6.07, 6.45) is 9.29. The second kappa shape index (κ2) is 5.50. The molecule has 110 valence electrons. The molecule has 1 N–H and O–H groups in total. The third kappa shape index (κ3) is 2.55. The van der Waals surface area contributed by atoms with Gasteiger partial charge >= 0.3 is 5.97 Å². The van der Waals surface area contributed by atoms with E-state index in [0.717, 1.165) is 44.3 Å². The fourth-order valence-electron chi connectivity index (χ4n) is 3.40. The number of hydrogen-bond donors (Lipinski definition) is 1. The molecule has 1 aromatic rings. The highest BCUT2D eigenvalue weighted by molar-refractivity contribution is 5.74. The fraction of sp³-hybridized carbons (Fsp3) is 0.857. The standard InChI is InChI=1S/C14H22N4O2/c19-13(20)14(7-2-1-3-8-14)10-18-12(15-16-17-18)9-11-5-4-6-11/h11H,1-10H2,(H,19,20). The van der Waals surface area contributed by atoms with Crippen molar-refractivity contribution in [2.45, 2.75) is 64.3 Å². The normalized spacial score (nSPS) is 22.4. The Labute approximate surface area is 118 Å². The Kier molecular flexibility index (Phi) is 3.72. The van der Waals surface area contributed by atoms with Gasteiger partial charge in [-0.05, 0) is 29.2 Å². The monoisotopic (exact) mass is 278 g/mol. The summed E-state index contributed by atoms with van der Waals surface area (Å²) < 4.78 is 1.75. The van der Waals surface area contributed by atoms with Gasteiger partial charge in [-0.25, -0.2) is 4.68 Å². The van der Waals surface area contributed by atoms with Crippen molar-refractivity contribution in [3.8, 4) is 0 Å². The van der Waals surface area contributed by atoms with Crippen molar-refractivity contribution in [3.63, 3.8) is 0 Å². The molecule has 3 rings (SSSR count). The van der Waals surface area contributed by atoms with E-state index in [1.54, 1.807) is 4.68 Å².